The minimum absolute atomic E-state index is 0.0491. The van der Waals surface area contributed by atoms with Crippen LogP contribution < -0.4 is 0 Å². The highest BCUT2D eigenvalue weighted by Crippen LogP contribution is 2.21. The van der Waals surface area contributed by atoms with Gasteiger partial charge in [0.15, 0.2) is 0 Å². The summed E-state index contributed by atoms with van der Waals surface area (Å²) in [6.45, 7) is 0.0491. The molecule has 1 heterocycles. The Morgan fingerprint density at radius 3 is 2.77 bits per heavy atom. The maximum atomic E-state index is 12.3. The molecule has 0 aromatic carbocycles. The summed E-state index contributed by atoms with van der Waals surface area (Å²) in [7, 11) is 2.95. The van der Waals surface area contributed by atoms with Gasteiger partial charge in [0.25, 0.3) is 6.43 Å². The minimum Gasteiger partial charge on any atom is -0.314 e. The van der Waals surface area contributed by atoms with Gasteiger partial charge >= 0.3 is 0 Å². The van der Waals surface area contributed by atoms with Crippen LogP contribution in [0.25, 0.3) is 0 Å². The van der Waals surface area contributed by atoms with Crippen LogP contribution in [0.4, 0.5) is 8.78 Å². The number of rotatable bonds is 3. The van der Waals surface area contributed by atoms with Crippen molar-refractivity contribution in [1.82, 2.24) is 14.8 Å². The van der Waals surface area contributed by atoms with Gasteiger partial charge in [-0.1, -0.05) is 0 Å². The first-order valence-corrected chi connectivity index (χ1v) is 3.71. The summed E-state index contributed by atoms with van der Waals surface area (Å²) < 4.78 is 25.9. The first-order chi connectivity index (χ1) is 6.00. The molecule has 0 fully saturated rings. The Balaban J connectivity index is 2.91. The zero-order valence-corrected chi connectivity index (χ0v) is 7.41. The van der Waals surface area contributed by atoms with E-state index in [0.29, 0.717) is 5.56 Å². The van der Waals surface area contributed by atoms with Crippen LogP contribution in [0.5, 0.6) is 0 Å². The number of aryl methyl sites for hydroxylation is 1. The predicted octanol–water partition coefficient (Wildman–Crippen LogP) is 1.18. The van der Waals surface area contributed by atoms with Crippen molar-refractivity contribution >= 4 is 0 Å². The second-order valence-corrected chi connectivity index (χ2v) is 2.83. The van der Waals surface area contributed by atoms with Gasteiger partial charge in [-0.3, -0.25) is 4.68 Å². The van der Waals surface area contributed by atoms with Gasteiger partial charge < -0.3 is 5.21 Å². The van der Waals surface area contributed by atoms with Gasteiger partial charge in [0.05, 0.1) is 6.54 Å². The van der Waals surface area contributed by atoms with Crippen molar-refractivity contribution in [2.45, 2.75) is 13.0 Å². The molecule has 4 nitrogen and oxygen atoms in total. The molecule has 0 aliphatic carbocycles. The third-order valence-corrected chi connectivity index (χ3v) is 1.54. The number of hydrogen-bond acceptors (Lipinski definition) is 3. The van der Waals surface area contributed by atoms with E-state index in [1.807, 2.05) is 0 Å². The molecule has 1 N–H and O–H groups in total. The average molecular weight is 191 g/mol. The van der Waals surface area contributed by atoms with Gasteiger partial charge in [0, 0.05) is 25.9 Å². The van der Waals surface area contributed by atoms with Crippen molar-refractivity contribution in [3.8, 4) is 0 Å². The molecule has 0 radical (unpaired) electrons. The van der Waals surface area contributed by atoms with E-state index >= 15 is 0 Å². The summed E-state index contributed by atoms with van der Waals surface area (Å²) in [5, 5.41) is 13.3. The van der Waals surface area contributed by atoms with Crippen LogP contribution in [-0.4, -0.2) is 27.1 Å². The minimum atomic E-state index is -2.60. The smallest absolute Gasteiger partial charge is 0.282 e. The van der Waals surface area contributed by atoms with Crippen LogP contribution in [0.15, 0.2) is 6.20 Å². The lowest BCUT2D eigenvalue weighted by Crippen LogP contribution is -2.12. The van der Waals surface area contributed by atoms with Crippen LogP contribution in [0.3, 0.4) is 0 Å². The lowest BCUT2D eigenvalue weighted by Gasteiger charge is -2.06. The van der Waals surface area contributed by atoms with Crippen LogP contribution >= 0.6 is 0 Å². The quantitative estimate of drug-likeness (QED) is 0.729. The van der Waals surface area contributed by atoms with Gasteiger partial charge in [-0.2, -0.15) is 10.2 Å². The highest BCUT2D eigenvalue weighted by atomic mass is 19.3. The van der Waals surface area contributed by atoms with Gasteiger partial charge in [0.1, 0.15) is 5.69 Å². The monoisotopic (exact) mass is 191 g/mol. The molecule has 0 saturated heterocycles. The number of hydrogen-bond donors (Lipinski definition) is 1. The summed E-state index contributed by atoms with van der Waals surface area (Å²) in [6.07, 6.45) is -1.13. The first-order valence-electron chi connectivity index (χ1n) is 3.71. The molecule has 0 aliphatic heterocycles. The Labute approximate surface area is 74.3 Å². The zero-order valence-electron chi connectivity index (χ0n) is 7.41. The Bertz CT molecular complexity index is 285. The highest BCUT2D eigenvalue weighted by molar-refractivity contribution is 5.17. The van der Waals surface area contributed by atoms with Crippen molar-refractivity contribution in [2.75, 3.05) is 7.05 Å². The molecule has 1 aromatic heterocycles. The molecule has 74 valence electrons. The fourth-order valence-electron chi connectivity index (χ4n) is 1.11. The van der Waals surface area contributed by atoms with Crippen molar-refractivity contribution in [3.63, 3.8) is 0 Å². The molecule has 6 heteroatoms. The molecule has 1 aromatic rings. The molecule has 0 spiro atoms. The van der Waals surface area contributed by atoms with Gasteiger partial charge in [-0.15, -0.1) is 0 Å². The molecule has 13 heavy (non-hydrogen) atoms. The molecular weight excluding hydrogens is 180 g/mol. The zero-order chi connectivity index (χ0) is 10.0. The Hall–Kier alpha value is -1.01. The van der Waals surface area contributed by atoms with Crippen molar-refractivity contribution in [2.24, 2.45) is 7.05 Å². The van der Waals surface area contributed by atoms with Crippen LogP contribution in [-0.2, 0) is 13.6 Å². The topological polar surface area (TPSA) is 41.3 Å². The normalized spacial score (nSPS) is 11.6. The molecule has 1 rings (SSSR count). The van der Waals surface area contributed by atoms with Crippen molar-refractivity contribution in [3.05, 3.63) is 17.5 Å². The van der Waals surface area contributed by atoms with E-state index in [0.717, 1.165) is 5.06 Å². The lowest BCUT2D eigenvalue weighted by atomic mass is 10.2. The summed E-state index contributed by atoms with van der Waals surface area (Å²) in [5.74, 6) is 0. The van der Waals surface area contributed by atoms with E-state index in [2.05, 4.69) is 5.10 Å². The standard InChI is InChI=1S/C7H11F2N3O/c1-11-3-5(4-12(2)13)6(10-11)7(8)9/h3,7,13H,4H2,1-2H3. The third kappa shape index (κ3) is 2.46. The number of alkyl halides is 2. The van der Waals surface area contributed by atoms with E-state index < -0.39 is 6.43 Å². The highest BCUT2D eigenvalue weighted by Gasteiger charge is 2.17. The first kappa shape index (κ1) is 10.1. The van der Waals surface area contributed by atoms with E-state index in [9.17, 15) is 8.78 Å². The van der Waals surface area contributed by atoms with E-state index in [1.54, 1.807) is 7.05 Å². The summed E-state index contributed by atoms with van der Waals surface area (Å²) >= 11 is 0. The summed E-state index contributed by atoms with van der Waals surface area (Å²) in [6, 6.07) is 0. The Morgan fingerprint density at radius 2 is 2.31 bits per heavy atom. The van der Waals surface area contributed by atoms with Crippen LogP contribution in [0, 0.1) is 0 Å². The molecule has 0 saturated carbocycles. The number of hydroxylamine groups is 2. The fourth-order valence-corrected chi connectivity index (χ4v) is 1.11. The van der Waals surface area contributed by atoms with E-state index in [-0.39, 0.29) is 12.2 Å². The van der Waals surface area contributed by atoms with Gasteiger partial charge in [0.2, 0.25) is 0 Å². The second-order valence-electron chi connectivity index (χ2n) is 2.83. The average Bonchev–Trinajstić information content (AvgIpc) is 2.29. The van der Waals surface area contributed by atoms with E-state index in [4.69, 9.17) is 5.21 Å². The van der Waals surface area contributed by atoms with Crippen molar-refractivity contribution < 1.29 is 14.0 Å². The number of nitrogens with zero attached hydrogens (tertiary/aromatic N) is 3. The second kappa shape index (κ2) is 3.80. The predicted molar refractivity (Wildman–Crippen MR) is 41.4 cm³/mol. The fraction of sp³-hybridized carbons (Fsp3) is 0.571. The SMILES string of the molecule is CN(O)Cc1cn(C)nc1C(F)F. The largest absolute Gasteiger partial charge is 0.314 e. The summed E-state index contributed by atoms with van der Waals surface area (Å²) in [4.78, 5) is 0. The summed E-state index contributed by atoms with van der Waals surface area (Å²) in [5.41, 5.74) is 0.0610. The maximum Gasteiger partial charge on any atom is 0.282 e. The maximum absolute atomic E-state index is 12.3. The van der Waals surface area contributed by atoms with E-state index in [1.165, 1.54) is 17.9 Å². The lowest BCUT2D eigenvalue weighted by molar-refractivity contribution is -0.0737. The molecule has 0 aliphatic rings. The Kier molecular flexibility index (Phi) is 2.94. The molecular formula is C7H11F2N3O. The van der Waals surface area contributed by atoms with Gasteiger partial charge in [-0.05, 0) is 0 Å². The van der Waals surface area contributed by atoms with Gasteiger partial charge in [-0.25, -0.2) is 8.78 Å². The molecule has 0 atom stereocenters. The number of halogens is 2. The third-order valence-electron chi connectivity index (χ3n) is 1.54. The van der Waals surface area contributed by atoms with Crippen LogP contribution in [0.2, 0.25) is 0 Å². The molecule has 0 bridgehead atoms. The molecule has 0 amide bonds. The van der Waals surface area contributed by atoms with Crippen molar-refractivity contribution in [1.29, 1.82) is 0 Å². The van der Waals surface area contributed by atoms with Crippen LogP contribution in [0.1, 0.15) is 17.7 Å². The Morgan fingerprint density at radius 1 is 1.69 bits per heavy atom. The number of aromatic nitrogens is 2. The molecule has 0 unspecified atom stereocenters.